The van der Waals surface area contributed by atoms with Crippen LogP contribution in [-0.2, 0) is 9.53 Å². The normalized spacial score (nSPS) is 11.8. The van der Waals surface area contributed by atoms with E-state index in [0.717, 1.165) is 4.47 Å². The minimum absolute atomic E-state index is 0.253. The Hall–Kier alpha value is -4.24. The second-order valence-electron chi connectivity index (χ2n) is 7.88. The second kappa shape index (κ2) is 10.2. The highest BCUT2D eigenvalue weighted by Gasteiger charge is 2.23. The van der Waals surface area contributed by atoms with Crippen LogP contribution in [0.5, 0.6) is 0 Å². The third-order valence-electron chi connectivity index (χ3n) is 5.43. The van der Waals surface area contributed by atoms with Gasteiger partial charge in [-0.3, -0.25) is 4.79 Å². The summed E-state index contributed by atoms with van der Waals surface area (Å²) in [5.74, 6) is 0.0180. The van der Waals surface area contributed by atoms with Gasteiger partial charge in [0.2, 0.25) is 0 Å². The van der Waals surface area contributed by atoms with E-state index in [0.29, 0.717) is 46.0 Å². The van der Waals surface area contributed by atoms with E-state index < -0.39 is 18.0 Å². The van der Waals surface area contributed by atoms with Gasteiger partial charge in [0.1, 0.15) is 11.4 Å². The van der Waals surface area contributed by atoms with Crippen molar-refractivity contribution in [3.8, 4) is 22.9 Å². The van der Waals surface area contributed by atoms with Crippen LogP contribution in [0.25, 0.3) is 33.9 Å². The summed E-state index contributed by atoms with van der Waals surface area (Å²) in [5.41, 5.74) is 2.90. The predicted molar refractivity (Wildman–Crippen MR) is 137 cm³/mol. The minimum atomic E-state index is -0.956. The molecule has 0 saturated carbocycles. The molecule has 5 aromatic rings. The zero-order valence-electron chi connectivity index (χ0n) is 19.1. The van der Waals surface area contributed by atoms with Gasteiger partial charge >= 0.3 is 5.97 Å². The summed E-state index contributed by atoms with van der Waals surface area (Å²) in [6, 6.07) is 19.1. The quantitative estimate of drug-likeness (QED) is 0.233. The van der Waals surface area contributed by atoms with Crippen molar-refractivity contribution in [3.05, 3.63) is 89.3 Å². The molecule has 0 spiro atoms. The van der Waals surface area contributed by atoms with Crippen LogP contribution in [0.1, 0.15) is 23.7 Å². The average molecular weight is 546 g/mol. The number of hydrogen-bond acceptors (Lipinski definition) is 7. The molecular formula is C27H20BrN3O5. The molecule has 0 aliphatic heterocycles. The van der Waals surface area contributed by atoms with Crippen molar-refractivity contribution >= 4 is 44.5 Å². The van der Waals surface area contributed by atoms with Crippen molar-refractivity contribution in [2.24, 2.45) is 0 Å². The molecule has 5 rings (SSSR count). The number of benzene rings is 2. The molecule has 1 unspecified atom stereocenters. The Balaban J connectivity index is 1.41. The Kier molecular flexibility index (Phi) is 6.64. The van der Waals surface area contributed by atoms with Crippen molar-refractivity contribution in [2.75, 3.05) is 5.32 Å². The van der Waals surface area contributed by atoms with Gasteiger partial charge in [-0.15, -0.1) is 0 Å². The van der Waals surface area contributed by atoms with Crippen LogP contribution in [0, 0.1) is 0 Å². The number of carbonyl (C=O) groups excluding carboxylic acids is 2. The number of aromatic nitrogens is 2. The zero-order chi connectivity index (χ0) is 25.1. The monoisotopic (exact) mass is 545 g/mol. The number of halogens is 1. The molecule has 0 radical (unpaired) electrons. The first-order valence-corrected chi connectivity index (χ1v) is 12.0. The van der Waals surface area contributed by atoms with Gasteiger partial charge in [-0.25, -0.2) is 14.8 Å². The van der Waals surface area contributed by atoms with Gasteiger partial charge in [0.25, 0.3) is 5.91 Å². The number of nitrogens with zero attached hydrogens (tertiary/aromatic N) is 2. The molecule has 3 aromatic heterocycles. The lowest BCUT2D eigenvalue weighted by atomic mass is 10.1. The van der Waals surface area contributed by atoms with Crippen LogP contribution in [0.2, 0.25) is 0 Å². The molecule has 0 bridgehead atoms. The molecule has 2 aromatic carbocycles. The summed E-state index contributed by atoms with van der Waals surface area (Å²) in [6.07, 6.45) is 2.47. The number of carbonyl (C=O) groups is 2. The van der Waals surface area contributed by atoms with E-state index in [1.807, 2.05) is 12.1 Å². The van der Waals surface area contributed by atoms with Crippen LogP contribution < -0.4 is 5.32 Å². The van der Waals surface area contributed by atoms with E-state index in [4.69, 9.17) is 23.5 Å². The molecule has 0 aliphatic rings. The molecule has 1 atom stereocenters. The Morgan fingerprint density at radius 3 is 2.14 bits per heavy atom. The fraction of sp³-hybridized carbons (Fsp3) is 0.111. The van der Waals surface area contributed by atoms with Crippen molar-refractivity contribution in [1.29, 1.82) is 0 Å². The molecule has 0 saturated heterocycles. The molecule has 36 heavy (non-hydrogen) atoms. The molecule has 8 nitrogen and oxygen atoms in total. The number of esters is 1. The topological polar surface area (TPSA) is 107 Å². The molecule has 3 heterocycles. The third-order valence-corrected chi connectivity index (χ3v) is 5.96. The number of ether oxygens (including phenoxy) is 1. The van der Waals surface area contributed by atoms with Crippen LogP contribution in [-0.4, -0.2) is 27.9 Å². The number of anilines is 1. The van der Waals surface area contributed by atoms with Gasteiger partial charge in [0.15, 0.2) is 17.6 Å². The van der Waals surface area contributed by atoms with Gasteiger partial charge in [-0.1, -0.05) is 22.9 Å². The highest BCUT2D eigenvalue weighted by atomic mass is 79.9. The van der Waals surface area contributed by atoms with E-state index >= 15 is 0 Å². The summed E-state index contributed by atoms with van der Waals surface area (Å²) >= 11 is 3.36. The second-order valence-corrected chi connectivity index (χ2v) is 8.79. The lowest BCUT2D eigenvalue weighted by Crippen LogP contribution is -2.32. The maximum atomic E-state index is 12.9. The van der Waals surface area contributed by atoms with Crippen molar-refractivity contribution in [2.45, 2.75) is 19.4 Å². The minimum Gasteiger partial charge on any atom is -0.463 e. The Labute approximate surface area is 214 Å². The first-order chi connectivity index (χ1) is 17.5. The number of furan rings is 2. The van der Waals surface area contributed by atoms with Gasteiger partial charge < -0.3 is 18.9 Å². The molecule has 180 valence electrons. The first-order valence-electron chi connectivity index (χ1n) is 11.2. The van der Waals surface area contributed by atoms with Crippen LogP contribution in [0.15, 0.2) is 92.6 Å². The van der Waals surface area contributed by atoms with E-state index in [9.17, 15) is 9.59 Å². The smallest absolute Gasteiger partial charge is 0.338 e. The Bertz CT molecular complexity index is 1510. The van der Waals surface area contributed by atoms with Crippen molar-refractivity contribution in [1.82, 2.24) is 9.97 Å². The highest BCUT2D eigenvalue weighted by Crippen LogP contribution is 2.31. The van der Waals surface area contributed by atoms with Gasteiger partial charge in [-0.2, -0.15) is 0 Å². The molecule has 1 amide bonds. The standard InChI is InChI=1S/C27H20BrN3O5/c1-2-21(26(32)29-18-10-8-17(28)9-11-18)36-27(33)16-7-12-19-20(15-16)31-25(23-6-4-14-35-23)24(30-19)22-5-3-13-34-22/h3-15,21H,2H2,1H3,(H,29,32). The Morgan fingerprint density at radius 2 is 1.56 bits per heavy atom. The van der Waals surface area contributed by atoms with Gasteiger partial charge in [0, 0.05) is 10.2 Å². The summed E-state index contributed by atoms with van der Waals surface area (Å²) in [7, 11) is 0. The number of fused-ring (bicyclic) bond motifs is 1. The van der Waals surface area contributed by atoms with Crippen molar-refractivity contribution in [3.63, 3.8) is 0 Å². The molecule has 0 aliphatic carbocycles. The van der Waals surface area contributed by atoms with E-state index in [1.54, 1.807) is 74.0 Å². The fourth-order valence-corrected chi connectivity index (χ4v) is 3.89. The number of nitrogens with one attached hydrogen (secondary N) is 1. The highest BCUT2D eigenvalue weighted by molar-refractivity contribution is 9.10. The van der Waals surface area contributed by atoms with Crippen LogP contribution in [0.4, 0.5) is 5.69 Å². The van der Waals surface area contributed by atoms with E-state index in [2.05, 4.69) is 21.2 Å². The van der Waals surface area contributed by atoms with Crippen LogP contribution >= 0.6 is 15.9 Å². The first kappa shape index (κ1) is 23.5. The maximum Gasteiger partial charge on any atom is 0.338 e. The lowest BCUT2D eigenvalue weighted by Gasteiger charge is -2.16. The largest absolute Gasteiger partial charge is 0.463 e. The SMILES string of the molecule is CCC(OC(=O)c1ccc2nc(-c3ccco3)c(-c3ccco3)nc2c1)C(=O)Nc1ccc(Br)cc1. The number of amides is 1. The molecule has 9 heteroatoms. The van der Waals surface area contributed by atoms with Gasteiger partial charge in [0.05, 0.1) is 29.1 Å². The van der Waals surface area contributed by atoms with E-state index in [-0.39, 0.29) is 5.56 Å². The zero-order valence-corrected chi connectivity index (χ0v) is 20.7. The summed E-state index contributed by atoms with van der Waals surface area (Å²) in [6.45, 7) is 1.77. The predicted octanol–water partition coefficient (Wildman–Crippen LogP) is 6.49. The average Bonchev–Trinajstić information content (AvgIpc) is 3.62. The number of hydrogen-bond donors (Lipinski definition) is 1. The number of rotatable bonds is 7. The van der Waals surface area contributed by atoms with E-state index in [1.165, 1.54) is 0 Å². The van der Waals surface area contributed by atoms with Gasteiger partial charge in [-0.05, 0) is 73.2 Å². The summed E-state index contributed by atoms with van der Waals surface area (Å²) in [5, 5.41) is 2.77. The van der Waals surface area contributed by atoms with Crippen molar-refractivity contribution < 1.29 is 23.2 Å². The summed E-state index contributed by atoms with van der Waals surface area (Å²) < 4.78 is 17.5. The maximum absolute atomic E-state index is 12.9. The summed E-state index contributed by atoms with van der Waals surface area (Å²) in [4.78, 5) is 35.0. The lowest BCUT2D eigenvalue weighted by molar-refractivity contribution is -0.124. The molecular weight excluding hydrogens is 526 g/mol. The molecule has 1 N–H and O–H groups in total. The van der Waals surface area contributed by atoms with Crippen LogP contribution in [0.3, 0.4) is 0 Å². The third kappa shape index (κ3) is 4.92. The molecule has 0 fully saturated rings. The fourth-order valence-electron chi connectivity index (χ4n) is 3.63. The Morgan fingerprint density at radius 1 is 0.917 bits per heavy atom.